The Balaban J connectivity index is 1.05. The normalized spacial score (nSPS) is 12.1. The van der Waals surface area contributed by atoms with Gasteiger partial charge in [-0.15, -0.1) is 22.7 Å². The number of hydrogen-bond donors (Lipinski definition) is 0. The van der Waals surface area contributed by atoms with E-state index in [0.717, 1.165) is 0 Å². The molecule has 0 N–H and O–H groups in total. The number of fused-ring (bicyclic) bond motifs is 12. The Morgan fingerprint density at radius 1 is 0.276 bits per heavy atom. The van der Waals surface area contributed by atoms with Crippen molar-refractivity contribution in [1.82, 2.24) is 9.13 Å². The van der Waals surface area contributed by atoms with Gasteiger partial charge in [0.05, 0.1) is 22.1 Å². The summed E-state index contributed by atoms with van der Waals surface area (Å²) < 4.78 is 10.2. The minimum Gasteiger partial charge on any atom is -0.309 e. The monoisotopic (exact) mass is 772 g/mol. The molecule has 4 heterocycles. The molecule has 0 radical (unpaired) electrons. The van der Waals surface area contributed by atoms with E-state index in [9.17, 15) is 0 Å². The summed E-state index contributed by atoms with van der Waals surface area (Å²) in [6.07, 6.45) is 0. The third-order valence-corrected chi connectivity index (χ3v) is 14.5. The van der Waals surface area contributed by atoms with Crippen LogP contribution in [0, 0.1) is 0 Å². The Morgan fingerprint density at radius 3 is 1.57 bits per heavy atom. The summed E-state index contributed by atoms with van der Waals surface area (Å²) in [6.45, 7) is 0. The lowest BCUT2D eigenvalue weighted by Gasteiger charge is -2.13. The fraction of sp³-hybridized carbons (Fsp3) is 0. The summed E-state index contributed by atoms with van der Waals surface area (Å²) in [5, 5.41) is 10.3. The van der Waals surface area contributed by atoms with Crippen LogP contribution in [0.3, 0.4) is 0 Å². The van der Waals surface area contributed by atoms with Crippen LogP contribution in [0.15, 0.2) is 194 Å². The molecule has 0 aliphatic carbocycles. The SMILES string of the molecule is c1ccc(-n2c3ccccc3c3ccc(-c4ccc5c(c4)c4ccccc4n5-c4cc(-c5cccc6c5sc5ccccc56)c5sc6ccccc6c5c4)cc32)cc1. The molecule has 13 aromatic rings. The van der Waals surface area contributed by atoms with Crippen molar-refractivity contribution in [2.75, 3.05) is 0 Å². The number of thiophene rings is 2. The summed E-state index contributed by atoms with van der Waals surface area (Å²) in [7, 11) is 0. The lowest BCUT2D eigenvalue weighted by molar-refractivity contribution is 1.18. The molecule has 270 valence electrons. The maximum Gasteiger partial charge on any atom is 0.0547 e. The third kappa shape index (κ3) is 4.58. The minimum absolute atomic E-state index is 1.17. The highest BCUT2D eigenvalue weighted by Gasteiger charge is 2.20. The van der Waals surface area contributed by atoms with Gasteiger partial charge in [-0.05, 0) is 77.9 Å². The summed E-state index contributed by atoms with van der Waals surface area (Å²) in [5.41, 5.74) is 12.2. The van der Waals surface area contributed by atoms with Crippen molar-refractivity contribution in [2.24, 2.45) is 0 Å². The van der Waals surface area contributed by atoms with E-state index in [-0.39, 0.29) is 0 Å². The molecule has 0 unspecified atom stereocenters. The summed E-state index contributed by atoms with van der Waals surface area (Å²) >= 11 is 3.81. The molecule has 0 saturated heterocycles. The topological polar surface area (TPSA) is 9.86 Å². The first-order chi connectivity index (χ1) is 28.8. The van der Waals surface area contributed by atoms with Crippen LogP contribution in [0.25, 0.3) is 118 Å². The van der Waals surface area contributed by atoms with E-state index in [1.54, 1.807) is 0 Å². The number of nitrogens with zero attached hydrogens (tertiary/aromatic N) is 2. The van der Waals surface area contributed by atoms with Crippen molar-refractivity contribution < 1.29 is 0 Å². The quantitative estimate of drug-likeness (QED) is 0.169. The van der Waals surface area contributed by atoms with Crippen LogP contribution < -0.4 is 0 Å². The van der Waals surface area contributed by atoms with Crippen molar-refractivity contribution >= 4 is 107 Å². The van der Waals surface area contributed by atoms with E-state index in [1.165, 1.54) is 118 Å². The Kier molecular flexibility index (Phi) is 6.79. The van der Waals surface area contributed by atoms with Crippen molar-refractivity contribution in [2.45, 2.75) is 0 Å². The fourth-order valence-electron chi connectivity index (χ4n) is 9.54. The molecule has 0 atom stereocenters. The van der Waals surface area contributed by atoms with E-state index in [1.807, 2.05) is 22.7 Å². The van der Waals surface area contributed by atoms with Gasteiger partial charge >= 0.3 is 0 Å². The molecule has 0 fully saturated rings. The van der Waals surface area contributed by atoms with Gasteiger partial charge in [0, 0.05) is 84.4 Å². The molecule has 0 spiro atoms. The maximum atomic E-state index is 2.49. The molecule has 0 amide bonds. The molecule has 0 saturated carbocycles. The highest BCUT2D eigenvalue weighted by atomic mass is 32.1. The molecule has 9 aromatic carbocycles. The van der Waals surface area contributed by atoms with E-state index in [0.29, 0.717) is 0 Å². The smallest absolute Gasteiger partial charge is 0.0547 e. The van der Waals surface area contributed by atoms with Gasteiger partial charge in [-0.3, -0.25) is 0 Å². The summed E-state index contributed by atoms with van der Waals surface area (Å²) in [4.78, 5) is 0. The Morgan fingerprint density at radius 2 is 0.810 bits per heavy atom. The average molecular weight is 773 g/mol. The standard InChI is InChI=1S/C54H32N2S2/c1-2-13-35(14-3-1)55-47-21-8-4-15-37(47)39-27-25-34(30-50(39)55)33-26-28-49-44(29-33)38-16-5-9-22-48(38)56(49)36-31-45-41-18-7-11-24-52(41)58-54(45)46(32-36)43-20-12-19-42-40-17-6-10-23-51(40)57-53(42)43/h1-32H. The molecular formula is C54H32N2S2. The van der Waals surface area contributed by atoms with Crippen LogP contribution in [0.2, 0.25) is 0 Å². The average Bonchev–Trinajstić information content (AvgIpc) is 4.04. The van der Waals surface area contributed by atoms with E-state index < -0.39 is 0 Å². The molecule has 4 aromatic heterocycles. The van der Waals surface area contributed by atoms with Crippen molar-refractivity contribution in [3.8, 4) is 33.6 Å². The van der Waals surface area contributed by atoms with Crippen molar-refractivity contribution in [3.05, 3.63) is 194 Å². The van der Waals surface area contributed by atoms with Crippen LogP contribution in [0.5, 0.6) is 0 Å². The van der Waals surface area contributed by atoms with E-state index in [4.69, 9.17) is 0 Å². The summed E-state index contributed by atoms with van der Waals surface area (Å²) in [5.74, 6) is 0. The van der Waals surface area contributed by atoms with Crippen LogP contribution in [-0.4, -0.2) is 9.13 Å². The second-order valence-corrected chi connectivity index (χ2v) is 17.4. The fourth-order valence-corrected chi connectivity index (χ4v) is 12.0. The highest BCUT2D eigenvalue weighted by Crippen LogP contribution is 2.47. The van der Waals surface area contributed by atoms with Gasteiger partial charge in [0.15, 0.2) is 0 Å². The first-order valence-electron chi connectivity index (χ1n) is 19.8. The van der Waals surface area contributed by atoms with E-state index in [2.05, 4.69) is 203 Å². The van der Waals surface area contributed by atoms with Gasteiger partial charge in [0.2, 0.25) is 0 Å². The molecule has 58 heavy (non-hydrogen) atoms. The Hall–Kier alpha value is -6.98. The number of rotatable bonds is 4. The third-order valence-electron chi connectivity index (χ3n) is 12.1. The maximum absolute atomic E-state index is 2.49. The molecule has 2 nitrogen and oxygen atoms in total. The Labute approximate surface area is 341 Å². The van der Waals surface area contributed by atoms with Crippen LogP contribution >= 0.6 is 22.7 Å². The zero-order valence-corrected chi connectivity index (χ0v) is 32.8. The van der Waals surface area contributed by atoms with Crippen LogP contribution in [-0.2, 0) is 0 Å². The van der Waals surface area contributed by atoms with Gasteiger partial charge in [0.1, 0.15) is 0 Å². The lowest BCUT2D eigenvalue weighted by Crippen LogP contribution is -1.95. The number of hydrogen-bond acceptors (Lipinski definition) is 2. The van der Waals surface area contributed by atoms with E-state index >= 15 is 0 Å². The summed E-state index contributed by atoms with van der Waals surface area (Å²) in [6, 6.07) is 71.8. The second kappa shape index (κ2) is 12.3. The van der Waals surface area contributed by atoms with Crippen LogP contribution in [0.4, 0.5) is 0 Å². The van der Waals surface area contributed by atoms with Gasteiger partial charge in [-0.25, -0.2) is 0 Å². The first kappa shape index (κ1) is 32.1. The molecule has 13 rings (SSSR count). The molecule has 4 heteroatoms. The highest BCUT2D eigenvalue weighted by molar-refractivity contribution is 7.27. The zero-order chi connectivity index (χ0) is 37.9. The van der Waals surface area contributed by atoms with Crippen LogP contribution in [0.1, 0.15) is 0 Å². The minimum atomic E-state index is 1.17. The number of aromatic nitrogens is 2. The van der Waals surface area contributed by atoms with Gasteiger partial charge in [-0.2, -0.15) is 0 Å². The molecular weight excluding hydrogens is 741 g/mol. The Bertz CT molecular complexity index is 3800. The first-order valence-corrected chi connectivity index (χ1v) is 21.4. The second-order valence-electron chi connectivity index (χ2n) is 15.3. The zero-order valence-electron chi connectivity index (χ0n) is 31.2. The predicted molar refractivity (Wildman–Crippen MR) is 252 cm³/mol. The van der Waals surface area contributed by atoms with Gasteiger partial charge in [-0.1, -0.05) is 127 Å². The number of benzene rings is 9. The van der Waals surface area contributed by atoms with Crippen molar-refractivity contribution in [1.29, 1.82) is 0 Å². The number of para-hydroxylation sites is 3. The molecule has 0 aliphatic rings. The lowest BCUT2D eigenvalue weighted by atomic mass is 9.99. The molecule has 0 aliphatic heterocycles. The van der Waals surface area contributed by atoms with Gasteiger partial charge < -0.3 is 9.13 Å². The molecule has 0 bridgehead atoms. The van der Waals surface area contributed by atoms with Crippen molar-refractivity contribution in [3.63, 3.8) is 0 Å². The predicted octanol–water partition coefficient (Wildman–Crippen LogP) is 16.0. The largest absolute Gasteiger partial charge is 0.309 e. The van der Waals surface area contributed by atoms with Gasteiger partial charge in [0.25, 0.3) is 0 Å².